The van der Waals surface area contributed by atoms with E-state index in [9.17, 15) is 19.5 Å². The number of Topliss-reactive ketones (excluding diaryl/α,β-unsaturated/α-hetero) is 1. The number of nitrogens with zero attached hydrogens (tertiary/aromatic N) is 2. The number of aliphatic hydroxyl groups excluding tert-OH is 1. The molecular weight excluding hydrogens is 608 g/mol. The first-order valence-corrected chi connectivity index (χ1v) is 15.1. The molecule has 3 aromatic carbocycles. The monoisotopic (exact) mass is 640 g/mol. The molecule has 1 unspecified atom stereocenters. The first-order valence-electron chi connectivity index (χ1n) is 14.2. The van der Waals surface area contributed by atoms with Gasteiger partial charge >= 0.3 is 11.9 Å². The minimum absolute atomic E-state index is 0.00256. The number of carbonyl (C=O) groups excluding carboxylic acids is 3. The van der Waals surface area contributed by atoms with Crippen molar-refractivity contribution in [2.75, 3.05) is 25.7 Å². The number of aliphatic hydroxyl groups is 1. The van der Waals surface area contributed by atoms with Crippen LogP contribution in [0.4, 0.5) is 5.13 Å². The molecule has 0 spiro atoms. The highest BCUT2D eigenvalue weighted by Gasteiger charge is 2.48. The van der Waals surface area contributed by atoms with Crippen molar-refractivity contribution in [3.8, 4) is 17.2 Å². The Labute approximate surface area is 270 Å². The Morgan fingerprint density at radius 3 is 2.43 bits per heavy atom. The van der Waals surface area contributed by atoms with Crippen molar-refractivity contribution in [1.82, 2.24) is 4.98 Å². The van der Waals surface area contributed by atoms with E-state index in [1.165, 1.54) is 25.2 Å². The Hall–Kier alpha value is -5.42. The number of rotatable bonds is 11. The molecule has 1 amide bonds. The van der Waals surface area contributed by atoms with Crippen LogP contribution in [0.15, 0.2) is 85.0 Å². The number of aromatic nitrogens is 1. The minimum Gasteiger partial charge on any atom is -0.507 e. The van der Waals surface area contributed by atoms with Gasteiger partial charge in [-0.05, 0) is 61.4 Å². The van der Waals surface area contributed by atoms with E-state index >= 15 is 0 Å². The number of amides is 1. The van der Waals surface area contributed by atoms with Gasteiger partial charge < -0.3 is 24.1 Å². The summed E-state index contributed by atoms with van der Waals surface area (Å²) in [6, 6.07) is 18.4. The van der Waals surface area contributed by atoms with Crippen LogP contribution in [0.5, 0.6) is 17.2 Å². The van der Waals surface area contributed by atoms with E-state index < -0.39 is 23.7 Å². The molecule has 236 valence electrons. The summed E-state index contributed by atoms with van der Waals surface area (Å²) < 4.78 is 22.0. The molecule has 0 bridgehead atoms. The second kappa shape index (κ2) is 13.7. The smallest absolute Gasteiger partial charge is 0.350 e. The van der Waals surface area contributed by atoms with Crippen LogP contribution in [0.3, 0.4) is 0 Å². The highest BCUT2D eigenvalue weighted by atomic mass is 32.1. The predicted molar refractivity (Wildman–Crippen MR) is 174 cm³/mol. The zero-order chi connectivity index (χ0) is 33.0. The van der Waals surface area contributed by atoms with E-state index in [0.29, 0.717) is 40.7 Å². The van der Waals surface area contributed by atoms with Crippen molar-refractivity contribution < 1.29 is 38.4 Å². The van der Waals surface area contributed by atoms with Crippen LogP contribution in [-0.4, -0.2) is 48.6 Å². The van der Waals surface area contributed by atoms with Crippen LogP contribution >= 0.6 is 11.3 Å². The van der Waals surface area contributed by atoms with Crippen molar-refractivity contribution in [2.45, 2.75) is 26.5 Å². The number of esters is 1. The number of ketones is 1. The van der Waals surface area contributed by atoms with E-state index in [4.69, 9.17) is 18.9 Å². The molecule has 0 saturated carbocycles. The second-order valence-electron chi connectivity index (χ2n) is 10.4. The maximum atomic E-state index is 13.7. The third-order valence-corrected chi connectivity index (χ3v) is 8.43. The molecule has 0 aliphatic carbocycles. The number of methoxy groups -OCH3 is 2. The van der Waals surface area contributed by atoms with Gasteiger partial charge in [-0.1, -0.05) is 59.9 Å². The molecule has 1 atom stereocenters. The maximum absolute atomic E-state index is 13.7. The van der Waals surface area contributed by atoms with Crippen molar-refractivity contribution in [3.05, 3.63) is 118 Å². The summed E-state index contributed by atoms with van der Waals surface area (Å²) in [4.78, 5) is 45.8. The molecule has 1 fully saturated rings. The van der Waals surface area contributed by atoms with Crippen LogP contribution in [0, 0.1) is 13.8 Å². The Balaban J connectivity index is 1.56. The van der Waals surface area contributed by atoms with Gasteiger partial charge in [-0.3, -0.25) is 14.5 Å². The highest BCUT2D eigenvalue weighted by molar-refractivity contribution is 7.17. The molecule has 11 heteroatoms. The van der Waals surface area contributed by atoms with Gasteiger partial charge in [0, 0.05) is 5.56 Å². The number of benzene rings is 3. The van der Waals surface area contributed by atoms with Gasteiger partial charge in [0.15, 0.2) is 16.6 Å². The molecule has 1 aliphatic rings. The first kappa shape index (κ1) is 32.0. The largest absolute Gasteiger partial charge is 0.507 e. The fourth-order valence-electron chi connectivity index (χ4n) is 5.08. The fraction of sp³-hybridized carbons (Fsp3) is 0.200. The van der Waals surface area contributed by atoms with Gasteiger partial charge in [0.2, 0.25) is 0 Å². The van der Waals surface area contributed by atoms with E-state index in [0.717, 1.165) is 22.5 Å². The van der Waals surface area contributed by atoms with Crippen LogP contribution in [0.1, 0.15) is 43.7 Å². The Kier molecular flexibility index (Phi) is 9.53. The molecule has 2 heterocycles. The van der Waals surface area contributed by atoms with Gasteiger partial charge in [-0.2, -0.15) is 0 Å². The number of anilines is 1. The second-order valence-corrected chi connectivity index (χ2v) is 11.4. The molecule has 46 heavy (non-hydrogen) atoms. The van der Waals surface area contributed by atoms with Gasteiger partial charge in [-0.25, -0.2) is 9.78 Å². The van der Waals surface area contributed by atoms with Gasteiger partial charge in [0.05, 0.1) is 31.5 Å². The summed E-state index contributed by atoms with van der Waals surface area (Å²) >= 11 is 0.909. The summed E-state index contributed by atoms with van der Waals surface area (Å²) in [5.41, 5.74) is 3.04. The zero-order valence-electron chi connectivity index (χ0n) is 25.7. The summed E-state index contributed by atoms with van der Waals surface area (Å²) in [7, 11) is 2.95. The van der Waals surface area contributed by atoms with Gasteiger partial charge in [-0.15, -0.1) is 0 Å². The van der Waals surface area contributed by atoms with E-state index in [1.54, 1.807) is 49.4 Å². The summed E-state index contributed by atoms with van der Waals surface area (Å²) in [5.74, 6) is -1.51. The minimum atomic E-state index is -1.11. The number of carbonyl (C=O) groups is 3. The van der Waals surface area contributed by atoms with E-state index in [2.05, 4.69) is 11.6 Å². The van der Waals surface area contributed by atoms with Gasteiger partial charge in [0.25, 0.3) is 5.78 Å². The lowest BCUT2D eigenvalue weighted by Crippen LogP contribution is -2.29. The predicted octanol–water partition coefficient (Wildman–Crippen LogP) is 6.33. The third kappa shape index (κ3) is 6.36. The average Bonchev–Trinajstić information content (AvgIpc) is 3.58. The van der Waals surface area contributed by atoms with Gasteiger partial charge in [0.1, 0.15) is 29.6 Å². The molecule has 5 rings (SSSR count). The van der Waals surface area contributed by atoms with Crippen LogP contribution in [-0.2, 0) is 20.9 Å². The summed E-state index contributed by atoms with van der Waals surface area (Å²) in [6.45, 7) is 7.52. The first-order chi connectivity index (χ1) is 22.2. The Bertz CT molecular complexity index is 1840. The fourth-order valence-corrected chi connectivity index (χ4v) is 6.06. The molecule has 1 aromatic heterocycles. The lowest BCUT2D eigenvalue weighted by Gasteiger charge is -2.23. The van der Waals surface area contributed by atoms with E-state index in [1.807, 2.05) is 31.2 Å². The number of aryl methyl sites for hydroxylation is 2. The molecule has 4 aromatic rings. The number of hydrogen-bond donors (Lipinski definition) is 1. The molecule has 1 aliphatic heterocycles. The number of thiazole rings is 1. The van der Waals surface area contributed by atoms with Crippen LogP contribution in [0.2, 0.25) is 0 Å². The standard InChI is InChI=1S/C35H32N2O8S/c1-6-16-44-34(41)32-21(3)36-35(46-32)37-29(24-12-15-26(42-4)27(18-24)43-5)28(31(39)33(37)40)30(38)23-10-13-25(14-11-23)45-19-22-9-7-8-20(2)17-22/h6-15,17-18,29,38H,1,16,19H2,2-5H3/b30-28+. The summed E-state index contributed by atoms with van der Waals surface area (Å²) in [6.07, 6.45) is 1.44. The maximum Gasteiger partial charge on any atom is 0.350 e. The molecule has 1 N–H and O–H groups in total. The molecule has 10 nitrogen and oxygen atoms in total. The SMILES string of the molecule is C=CCOC(=O)c1sc(N2C(=O)C(=O)/C(=C(/O)c3ccc(OCc4cccc(C)c4)cc3)C2c2ccc(OC)c(OC)c2)nc1C. The van der Waals surface area contributed by atoms with Crippen molar-refractivity contribution in [3.63, 3.8) is 0 Å². The van der Waals surface area contributed by atoms with Crippen molar-refractivity contribution >= 4 is 39.9 Å². The normalized spacial score (nSPS) is 15.5. The third-order valence-electron chi connectivity index (χ3n) is 7.29. The quantitative estimate of drug-likeness (QED) is 0.0659. The molecule has 0 radical (unpaired) electrons. The highest BCUT2D eigenvalue weighted by Crippen LogP contribution is 2.45. The lowest BCUT2D eigenvalue weighted by molar-refractivity contribution is -0.132. The Morgan fingerprint density at radius 1 is 1.02 bits per heavy atom. The lowest BCUT2D eigenvalue weighted by atomic mass is 9.95. The topological polar surface area (TPSA) is 124 Å². The molecule has 1 saturated heterocycles. The zero-order valence-corrected chi connectivity index (χ0v) is 26.6. The number of ether oxygens (including phenoxy) is 4. The summed E-state index contributed by atoms with van der Waals surface area (Å²) in [5, 5.41) is 11.7. The van der Waals surface area contributed by atoms with Crippen molar-refractivity contribution in [2.24, 2.45) is 0 Å². The molecular formula is C35H32N2O8S. The van der Waals surface area contributed by atoms with Crippen LogP contribution in [0.25, 0.3) is 5.76 Å². The number of hydrogen-bond acceptors (Lipinski definition) is 10. The Morgan fingerprint density at radius 2 is 1.76 bits per heavy atom. The van der Waals surface area contributed by atoms with Crippen LogP contribution < -0.4 is 19.1 Å². The van der Waals surface area contributed by atoms with E-state index in [-0.39, 0.29) is 27.9 Å². The average molecular weight is 641 g/mol. The van der Waals surface area contributed by atoms with Crippen molar-refractivity contribution in [1.29, 1.82) is 0 Å².